The van der Waals surface area contributed by atoms with Crippen LogP contribution in [0.1, 0.15) is 20.3 Å². The number of ether oxygens (including phenoxy) is 2. The Kier molecular flexibility index (Phi) is 8.14. The number of halogens is 2. The standard InChI is InChI=1S/C17H24F2N4O3S/c1-11-9-23(10-12(2)25-11)8-7-15(24)21-22-17(27)20-13-3-5-14(6-4-13)26-16(18)19/h3-6,11-12,16H,7-10H2,1-2H3,(H,21,24)(H2,20,22,27)/p+1/t11-,12-/m0/s1. The number of morpholine rings is 1. The molecule has 1 heterocycles. The molecule has 1 aromatic rings. The molecule has 0 unspecified atom stereocenters. The van der Waals surface area contributed by atoms with Crippen LogP contribution in [0.15, 0.2) is 24.3 Å². The number of hydrazine groups is 1. The second kappa shape index (κ2) is 10.3. The molecule has 0 aromatic heterocycles. The van der Waals surface area contributed by atoms with E-state index in [4.69, 9.17) is 17.0 Å². The molecular formula is C17H25F2N4O3S+. The number of carbonyl (C=O) groups excluding carboxylic acids is 1. The Morgan fingerprint density at radius 1 is 1.26 bits per heavy atom. The summed E-state index contributed by atoms with van der Waals surface area (Å²) in [6.07, 6.45) is 0.753. The molecule has 7 nitrogen and oxygen atoms in total. The van der Waals surface area contributed by atoms with Crippen LogP contribution >= 0.6 is 12.2 Å². The number of hydrogen-bond acceptors (Lipinski definition) is 4. The molecule has 0 bridgehead atoms. The molecule has 0 aliphatic carbocycles. The predicted octanol–water partition coefficient (Wildman–Crippen LogP) is 0.688. The quantitative estimate of drug-likeness (QED) is 0.414. The zero-order valence-electron chi connectivity index (χ0n) is 15.3. The van der Waals surface area contributed by atoms with Gasteiger partial charge in [-0.3, -0.25) is 15.6 Å². The van der Waals surface area contributed by atoms with E-state index >= 15 is 0 Å². The van der Waals surface area contributed by atoms with Gasteiger partial charge in [0, 0.05) is 5.69 Å². The first kappa shape index (κ1) is 21.3. The van der Waals surface area contributed by atoms with Gasteiger partial charge in [-0.2, -0.15) is 8.78 Å². The number of carbonyl (C=O) groups is 1. The molecule has 1 aliphatic rings. The zero-order chi connectivity index (χ0) is 19.8. The molecular weight excluding hydrogens is 378 g/mol. The van der Waals surface area contributed by atoms with Crippen LogP contribution in [0.2, 0.25) is 0 Å². The Bertz CT molecular complexity index is 623. The van der Waals surface area contributed by atoms with E-state index in [2.05, 4.69) is 20.9 Å². The Balaban J connectivity index is 1.66. The average molecular weight is 403 g/mol. The van der Waals surface area contributed by atoms with Crippen LogP contribution in [0.25, 0.3) is 0 Å². The smallest absolute Gasteiger partial charge is 0.387 e. The lowest BCUT2D eigenvalue weighted by Crippen LogP contribution is -3.15. The molecule has 1 aromatic carbocycles. The number of amides is 1. The monoisotopic (exact) mass is 403 g/mol. The first-order chi connectivity index (χ1) is 12.8. The van der Waals surface area contributed by atoms with E-state index in [-0.39, 0.29) is 29.0 Å². The number of anilines is 1. The number of benzene rings is 1. The minimum Gasteiger partial charge on any atom is -0.435 e. The maximum absolute atomic E-state index is 12.1. The van der Waals surface area contributed by atoms with Gasteiger partial charge >= 0.3 is 6.61 Å². The van der Waals surface area contributed by atoms with Crippen LogP contribution in [0.4, 0.5) is 14.5 Å². The summed E-state index contributed by atoms with van der Waals surface area (Å²) >= 11 is 5.09. The highest BCUT2D eigenvalue weighted by molar-refractivity contribution is 7.80. The molecule has 1 aliphatic heterocycles. The molecule has 1 fully saturated rings. The van der Waals surface area contributed by atoms with Crippen molar-refractivity contribution in [2.75, 3.05) is 25.0 Å². The minimum atomic E-state index is -2.87. The van der Waals surface area contributed by atoms with Gasteiger partial charge in [-0.25, -0.2) is 0 Å². The molecule has 2 atom stereocenters. The maximum atomic E-state index is 12.1. The van der Waals surface area contributed by atoms with Gasteiger partial charge in [0.05, 0.1) is 13.0 Å². The fourth-order valence-electron chi connectivity index (χ4n) is 2.95. The number of rotatable bonds is 6. The van der Waals surface area contributed by atoms with E-state index in [0.29, 0.717) is 12.1 Å². The third-order valence-corrected chi connectivity index (χ3v) is 4.18. The summed E-state index contributed by atoms with van der Waals surface area (Å²) in [5.41, 5.74) is 5.73. The van der Waals surface area contributed by atoms with Gasteiger partial charge in [0.2, 0.25) is 5.91 Å². The van der Waals surface area contributed by atoms with Crippen LogP contribution in [0, 0.1) is 0 Å². The molecule has 150 valence electrons. The molecule has 2 rings (SSSR count). The second-order valence-electron chi connectivity index (χ2n) is 6.45. The van der Waals surface area contributed by atoms with E-state index in [1.807, 2.05) is 13.8 Å². The van der Waals surface area contributed by atoms with E-state index < -0.39 is 6.61 Å². The van der Waals surface area contributed by atoms with E-state index in [1.54, 1.807) is 0 Å². The first-order valence-electron chi connectivity index (χ1n) is 8.71. The number of hydrogen-bond donors (Lipinski definition) is 4. The summed E-state index contributed by atoms with van der Waals surface area (Å²) < 4.78 is 34.2. The highest BCUT2D eigenvalue weighted by Gasteiger charge is 2.25. The Hall–Kier alpha value is -2.04. The zero-order valence-corrected chi connectivity index (χ0v) is 16.1. The molecule has 4 N–H and O–H groups in total. The lowest BCUT2D eigenvalue weighted by Gasteiger charge is -2.32. The SMILES string of the molecule is C[C@H]1C[NH+](CCC(=O)NNC(=S)Nc2ccc(OC(F)F)cc2)C[C@H](C)O1. The largest absolute Gasteiger partial charge is 0.435 e. The highest BCUT2D eigenvalue weighted by Crippen LogP contribution is 2.17. The van der Waals surface area contributed by atoms with Gasteiger partial charge in [-0.1, -0.05) is 0 Å². The fourth-order valence-corrected chi connectivity index (χ4v) is 3.12. The van der Waals surface area contributed by atoms with Gasteiger partial charge in [-0.05, 0) is 50.3 Å². The summed E-state index contributed by atoms with van der Waals surface area (Å²) in [4.78, 5) is 13.3. The van der Waals surface area contributed by atoms with Gasteiger partial charge in [0.15, 0.2) is 5.11 Å². The lowest BCUT2D eigenvalue weighted by molar-refractivity contribution is -0.914. The predicted molar refractivity (Wildman–Crippen MR) is 101 cm³/mol. The molecule has 10 heteroatoms. The highest BCUT2D eigenvalue weighted by atomic mass is 32.1. The molecule has 27 heavy (non-hydrogen) atoms. The number of nitrogens with one attached hydrogen (secondary N) is 4. The fraction of sp³-hybridized carbons (Fsp3) is 0.529. The van der Waals surface area contributed by atoms with Crippen LogP contribution in [-0.2, 0) is 9.53 Å². The van der Waals surface area contributed by atoms with E-state index in [9.17, 15) is 13.6 Å². The van der Waals surface area contributed by atoms with Crippen LogP contribution in [-0.4, -0.2) is 49.5 Å². The number of thiocarbonyl (C=S) groups is 1. The summed E-state index contributed by atoms with van der Waals surface area (Å²) in [5, 5.41) is 3.02. The van der Waals surface area contributed by atoms with Crippen molar-refractivity contribution in [3.63, 3.8) is 0 Å². The summed E-state index contributed by atoms with van der Waals surface area (Å²) in [6.45, 7) is 3.69. The van der Waals surface area contributed by atoms with E-state index in [0.717, 1.165) is 19.6 Å². The minimum absolute atomic E-state index is 0.0528. The Labute approximate surface area is 162 Å². The van der Waals surface area contributed by atoms with Crippen molar-refractivity contribution in [2.24, 2.45) is 0 Å². The van der Waals surface area contributed by atoms with Crippen LogP contribution < -0.4 is 25.8 Å². The Morgan fingerprint density at radius 3 is 2.48 bits per heavy atom. The average Bonchev–Trinajstić information content (AvgIpc) is 2.58. The normalized spacial score (nSPS) is 22.2. The molecule has 0 radical (unpaired) electrons. The summed E-state index contributed by atoms with van der Waals surface area (Å²) in [5.74, 6) is -0.115. The Morgan fingerprint density at radius 2 is 1.89 bits per heavy atom. The van der Waals surface area contributed by atoms with Gasteiger partial charge in [-0.15, -0.1) is 0 Å². The summed E-state index contributed by atoms with van der Waals surface area (Å²) in [7, 11) is 0. The van der Waals surface area contributed by atoms with Crippen molar-refractivity contribution in [1.82, 2.24) is 10.9 Å². The first-order valence-corrected chi connectivity index (χ1v) is 9.12. The second-order valence-corrected chi connectivity index (χ2v) is 6.85. The molecule has 1 amide bonds. The molecule has 0 saturated carbocycles. The third-order valence-electron chi connectivity index (χ3n) is 3.98. The molecule has 0 spiro atoms. The summed E-state index contributed by atoms with van der Waals surface area (Å²) in [6, 6.07) is 5.86. The lowest BCUT2D eigenvalue weighted by atomic mass is 10.2. The van der Waals surface area contributed by atoms with Crippen molar-refractivity contribution in [3.8, 4) is 5.75 Å². The number of alkyl halides is 2. The topological polar surface area (TPSA) is 76.1 Å². The van der Waals surface area contributed by atoms with Crippen molar-refractivity contribution in [2.45, 2.75) is 39.1 Å². The van der Waals surface area contributed by atoms with Crippen molar-refractivity contribution < 1.29 is 27.9 Å². The van der Waals surface area contributed by atoms with Crippen molar-refractivity contribution in [1.29, 1.82) is 0 Å². The van der Waals surface area contributed by atoms with Gasteiger partial charge in [0.25, 0.3) is 0 Å². The molecule has 1 saturated heterocycles. The van der Waals surface area contributed by atoms with Crippen LogP contribution in [0.3, 0.4) is 0 Å². The van der Waals surface area contributed by atoms with E-state index in [1.165, 1.54) is 29.2 Å². The van der Waals surface area contributed by atoms with Crippen LogP contribution in [0.5, 0.6) is 5.75 Å². The van der Waals surface area contributed by atoms with Crippen molar-refractivity contribution >= 4 is 28.9 Å². The third kappa shape index (κ3) is 8.02. The van der Waals surface area contributed by atoms with Gasteiger partial charge < -0.3 is 19.7 Å². The van der Waals surface area contributed by atoms with Gasteiger partial charge in [0.1, 0.15) is 31.0 Å². The maximum Gasteiger partial charge on any atom is 0.387 e. The number of quaternary nitrogens is 1. The van der Waals surface area contributed by atoms with Crippen molar-refractivity contribution in [3.05, 3.63) is 24.3 Å².